The first-order valence-electron chi connectivity index (χ1n) is 7.74. The number of benzene rings is 1. The fourth-order valence-electron chi connectivity index (χ4n) is 2.47. The van der Waals surface area contributed by atoms with E-state index < -0.39 is 5.54 Å². The van der Waals surface area contributed by atoms with Crippen LogP contribution in [0.3, 0.4) is 0 Å². The fourth-order valence-corrected chi connectivity index (χ4v) is 2.47. The van der Waals surface area contributed by atoms with E-state index in [1.54, 1.807) is 12.1 Å². The van der Waals surface area contributed by atoms with Crippen LogP contribution in [0.15, 0.2) is 42.5 Å². The average molecular weight is 300 g/mol. The monoisotopic (exact) mass is 300 g/mol. The van der Waals surface area contributed by atoms with Crippen LogP contribution in [0.25, 0.3) is 0 Å². The van der Waals surface area contributed by atoms with E-state index in [1.807, 2.05) is 45.0 Å². The predicted octanol–water partition coefficient (Wildman–Crippen LogP) is 3.31. The largest absolute Gasteiger partial charge is 0.273 e. The molecule has 1 N–H and O–H groups in total. The normalized spacial score (nSPS) is 17.9. The molecule has 2 rings (SSSR count). The van der Waals surface area contributed by atoms with Gasteiger partial charge >= 0.3 is 0 Å². The van der Waals surface area contributed by atoms with Crippen molar-refractivity contribution in [3.8, 4) is 0 Å². The summed E-state index contributed by atoms with van der Waals surface area (Å²) in [7, 11) is 0. The van der Waals surface area contributed by atoms with Crippen molar-refractivity contribution < 1.29 is 9.59 Å². The highest BCUT2D eigenvalue weighted by Crippen LogP contribution is 2.20. The predicted molar refractivity (Wildman–Crippen MR) is 87.0 cm³/mol. The summed E-state index contributed by atoms with van der Waals surface area (Å²) >= 11 is 0. The summed E-state index contributed by atoms with van der Waals surface area (Å²) < 4.78 is 0. The molecule has 118 valence electrons. The second-order valence-electron chi connectivity index (χ2n) is 6.63. The molecule has 2 amide bonds. The molecule has 0 bridgehead atoms. The third-order valence-electron chi connectivity index (χ3n) is 3.76. The van der Waals surface area contributed by atoms with Crippen LogP contribution in [-0.4, -0.2) is 22.4 Å². The minimum absolute atomic E-state index is 0.0570. The van der Waals surface area contributed by atoms with Crippen molar-refractivity contribution in [1.29, 1.82) is 0 Å². The lowest BCUT2D eigenvalue weighted by atomic mass is 9.94. The van der Waals surface area contributed by atoms with Gasteiger partial charge in [0, 0.05) is 11.5 Å². The van der Waals surface area contributed by atoms with E-state index in [4.69, 9.17) is 0 Å². The topological polar surface area (TPSA) is 49.4 Å². The van der Waals surface area contributed by atoms with Gasteiger partial charge in [-0.15, -0.1) is 0 Å². The van der Waals surface area contributed by atoms with Crippen molar-refractivity contribution in [3.05, 3.63) is 48.0 Å². The molecule has 22 heavy (non-hydrogen) atoms. The van der Waals surface area contributed by atoms with E-state index in [0.29, 0.717) is 5.56 Å². The van der Waals surface area contributed by atoms with Crippen LogP contribution in [0.2, 0.25) is 0 Å². The number of allylic oxidation sites excluding steroid dienone is 2. The summed E-state index contributed by atoms with van der Waals surface area (Å²) in [5, 5.41) is 1.45. The fraction of sp³-hybridized carbons (Fsp3) is 0.444. The van der Waals surface area contributed by atoms with Crippen molar-refractivity contribution in [2.45, 2.75) is 45.6 Å². The molecule has 0 spiro atoms. The zero-order valence-corrected chi connectivity index (χ0v) is 13.5. The first-order chi connectivity index (χ1) is 10.4. The average Bonchev–Trinajstić information content (AvgIpc) is 2.52. The summed E-state index contributed by atoms with van der Waals surface area (Å²) in [6.07, 6.45) is 6.62. The molecule has 1 aliphatic rings. The molecule has 4 heteroatoms. The molecule has 0 aromatic heterocycles. The first kappa shape index (κ1) is 16.3. The molecule has 1 unspecified atom stereocenters. The lowest BCUT2D eigenvalue weighted by Gasteiger charge is -2.36. The zero-order chi connectivity index (χ0) is 16.2. The lowest BCUT2D eigenvalue weighted by Crippen LogP contribution is -2.57. The molecule has 0 radical (unpaired) electrons. The van der Waals surface area contributed by atoms with Gasteiger partial charge in [0.2, 0.25) is 5.91 Å². The van der Waals surface area contributed by atoms with Gasteiger partial charge in [0.05, 0.1) is 5.54 Å². The third-order valence-corrected chi connectivity index (χ3v) is 3.76. The number of hydrazine groups is 1. The van der Waals surface area contributed by atoms with Gasteiger partial charge in [0.15, 0.2) is 0 Å². The van der Waals surface area contributed by atoms with Gasteiger partial charge in [-0.2, -0.15) is 0 Å². The summed E-state index contributed by atoms with van der Waals surface area (Å²) in [6, 6.07) is 9.03. The van der Waals surface area contributed by atoms with Gasteiger partial charge in [0.1, 0.15) is 0 Å². The van der Waals surface area contributed by atoms with Gasteiger partial charge in [-0.25, -0.2) is 5.01 Å². The van der Waals surface area contributed by atoms with Crippen molar-refractivity contribution in [1.82, 2.24) is 10.4 Å². The van der Waals surface area contributed by atoms with Crippen LogP contribution in [0.4, 0.5) is 0 Å². The summed E-state index contributed by atoms with van der Waals surface area (Å²) in [5.74, 6) is -0.324. The highest BCUT2D eigenvalue weighted by molar-refractivity contribution is 5.96. The van der Waals surface area contributed by atoms with Crippen molar-refractivity contribution in [2.75, 3.05) is 0 Å². The number of nitrogens with zero attached hydrogens (tertiary/aromatic N) is 1. The Morgan fingerprint density at radius 1 is 1.14 bits per heavy atom. The minimum atomic E-state index is -0.493. The first-order valence-corrected chi connectivity index (χ1v) is 7.74. The van der Waals surface area contributed by atoms with Crippen LogP contribution < -0.4 is 5.43 Å². The van der Waals surface area contributed by atoms with Crippen LogP contribution in [0.1, 0.15) is 50.4 Å². The van der Waals surface area contributed by atoms with E-state index >= 15 is 0 Å². The van der Waals surface area contributed by atoms with Crippen LogP contribution in [-0.2, 0) is 4.79 Å². The van der Waals surface area contributed by atoms with Gasteiger partial charge in [-0.3, -0.25) is 15.0 Å². The maximum Gasteiger partial charge on any atom is 0.272 e. The Hall–Kier alpha value is -2.10. The second kappa shape index (κ2) is 6.77. The van der Waals surface area contributed by atoms with Crippen molar-refractivity contribution in [2.24, 2.45) is 5.92 Å². The molecule has 1 aromatic carbocycles. The molecular weight excluding hydrogens is 276 g/mol. The Balaban J connectivity index is 2.15. The molecule has 0 saturated heterocycles. The highest BCUT2D eigenvalue weighted by Gasteiger charge is 2.31. The van der Waals surface area contributed by atoms with Gasteiger partial charge in [-0.05, 0) is 52.2 Å². The standard InChI is InChI=1S/C18H24N2O2/c1-18(2,3)20(17(22)15-12-8-5-9-13-15)19-16(21)14-10-6-4-7-11-14/h4-6,8-9,12-14H,7,10-11H2,1-3H3,(H,19,21). The molecule has 0 fully saturated rings. The number of rotatable bonds is 2. The second-order valence-corrected chi connectivity index (χ2v) is 6.63. The number of carbonyl (C=O) groups excluding carboxylic acids is 2. The van der Waals surface area contributed by atoms with E-state index in [2.05, 4.69) is 11.5 Å². The van der Waals surface area contributed by atoms with E-state index in [-0.39, 0.29) is 17.7 Å². The SMILES string of the molecule is CC(C)(C)N(NC(=O)C1CC=CCC1)C(=O)c1ccccc1. The molecule has 0 heterocycles. The van der Waals surface area contributed by atoms with Gasteiger partial charge in [-0.1, -0.05) is 30.4 Å². The quantitative estimate of drug-likeness (QED) is 0.673. The molecule has 1 aromatic rings. The lowest BCUT2D eigenvalue weighted by molar-refractivity contribution is -0.131. The smallest absolute Gasteiger partial charge is 0.272 e. The number of nitrogens with one attached hydrogen (secondary N) is 1. The van der Waals surface area contributed by atoms with E-state index in [0.717, 1.165) is 19.3 Å². The van der Waals surface area contributed by atoms with E-state index in [9.17, 15) is 9.59 Å². The molecule has 0 saturated carbocycles. The van der Waals surface area contributed by atoms with Crippen LogP contribution >= 0.6 is 0 Å². The number of hydrogen-bond acceptors (Lipinski definition) is 2. The maximum absolute atomic E-state index is 12.7. The molecule has 4 nitrogen and oxygen atoms in total. The van der Waals surface area contributed by atoms with Crippen LogP contribution in [0.5, 0.6) is 0 Å². The molecule has 1 atom stereocenters. The Morgan fingerprint density at radius 2 is 1.82 bits per heavy atom. The molecular formula is C18H24N2O2. The summed E-state index contributed by atoms with van der Waals surface area (Å²) in [4.78, 5) is 25.2. The van der Waals surface area contributed by atoms with Gasteiger partial charge in [0.25, 0.3) is 5.91 Å². The third kappa shape index (κ3) is 3.97. The van der Waals surface area contributed by atoms with Crippen LogP contribution in [0, 0.1) is 5.92 Å². The van der Waals surface area contributed by atoms with Crippen molar-refractivity contribution in [3.63, 3.8) is 0 Å². The maximum atomic E-state index is 12.7. The van der Waals surface area contributed by atoms with Crippen molar-refractivity contribution >= 4 is 11.8 Å². The zero-order valence-electron chi connectivity index (χ0n) is 13.5. The number of hydrogen-bond donors (Lipinski definition) is 1. The Morgan fingerprint density at radius 3 is 2.36 bits per heavy atom. The Kier molecular flexibility index (Phi) is 5.01. The molecule has 1 aliphatic carbocycles. The molecule has 0 aliphatic heterocycles. The minimum Gasteiger partial charge on any atom is -0.273 e. The Labute approximate surface area is 132 Å². The van der Waals surface area contributed by atoms with Gasteiger partial charge < -0.3 is 0 Å². The summed E-state index contributed by atoms with van der Waals surface area (Å²) in [6.45, 7) is 5.73. The number of amides is 2. The summed E-state index contributed by atoms with van der Waals surface area (Å²) in [5.41, 5.74) is 2.91. The number of carbonyl (C=O) groups is 2. The highest BCUT2D eigenvalue weighted by atomic mass is 16.2. The van der Waals surface area contributed by atoms with E-state index in [1.165, 1.54) is 5.01 Å². The Bertz CT molecular complexity index is 558.